The van der Waals surface area contributed by atoms with E-state index in [0.29, 0.717) is 39.2 Å². The van der Waals surface area contributed by atoms with Crippen LogP contribution in [0.1, 0.15) is 32.5 Å². The molecule has 1 atom stereocenters. The van der Waals surface area contributed by atoms with Crippen LogP contribution in [0.2, 0.25) is 0 Å². The van der Waals surface area contributed by atoms with E-state index < -0.39 is 23.5 Å². The number of aliphatic hydroxyl groups is 1. The number of aromatic nitrogens is 1. The van der Waals surface area contributed by atoms with Crippen LogP contribution in [0.25, 0.3) is 10.6 Å². The van der Waals surface area contributed by atoms with E-state index in [1.54, 1.807) is 19.1 Å². The number of hydrogen-bond acceptors (Lipinski definition) is 6. The van der Waals surface area contributed by atoms with E-state index >= 15 is 0 Å². The molecule has 0 bridgehead atoms. The van der Waals surface area contributed by atoms with Gasteiger partial charge in [0.25, 0.3) is 5.91 Å². The maximum absolute atomic E-state index is 14.1. The van der Waals surface area contributed by atoms with Crippen molar-refractivity contribution in [3.05, 3.63) is 148 Å². The minimum Gasteiger partial charge on any atom is -0.503 e. The molecule has 5 aromatic rings. The number of thiazole rings is 1. The molecule has 41 heavy (non-hydrogen) atoms. The molecule has 1 aromatic heterocycles. The van der Waals surface area contributed by atoms with E-state index in [1.807, 2.05) is 103 Å². The zero-order valence-corrected chi connectivity index (χ0v) is 23.0. The minimum absolute atomic E-state index is 0.0307. The van der Waals surface area contributed by atoms with Gasteiger partial charge in [-0.3, -0.25) is 14.5 Å². The summed E-state index contributed by atoms with van der Waals surface area (Å²) in [5, 5.41) is 11.9. The summed E-state index contributed by atoms with van der Waals surface area (Å²) in [6.45, 7) is 2.18. The van der Waals surface area contributed by atoms with E-state index in [-0.39, 0.29) is 5.57 Å². The number of rotatable bonds is 8. The Hall–Kier alpha value is -5.01. The average molecular weight is 559 g/mol. The molecule has 1 aliphatic rings. The molecule has 6 rings (SSSR count). The summed E-state index contributed by atoms with van der Waals surface area (Å²) in [5.74, 6) is -0.942. The number of hydrogen-bond donors (Lipinski definition) is 1. The Bertz CT molecular complexity index is 1730. The largest absolute Gasteiger partial charge is 0.503 e. The molecule has 0 saturated heterocycles. The first-order chi connectivity index (χ1) is 20.0. The van der Waals surface area contributed by atoms with Crippen LogP contribution in [0.4, 0.5) is 5.69 Å². The molecule has 1 unspecified atom stereocenters. The second-order valence-electron chi connectivity index (χ2n) is 9.65. The van der Waals surface area contributed by atoms with Gasteiger partial charge in [0.05, 0.1) is 22.2 Å². The van der Waals surface area contributed by atoms with E-state index in [0.717, 1.165) is 11.1 Å². The molecule has 1 aliphatic heterocycles. The predicted molar refractivity (Wildman–Crippen MR) is 160 cm³/mol. The fourth-order valence-electron chi connectivity index (χ4n) is 4.93. The highest BCUT2D eigenvalue weighted by molar-refractivity contribution is 7.17. The van der Waals surface area contributed by atoms with Crippen LogP contribution in [-0.2, 0) is 11.4 Å². The topological polar surface area (TPSA) is 79.7 Å². The Morgan fingerprint density at radius 3 is 2.15 bits per heavy atom. The number of carbonyl (C=O) groups excluding carboxylic acids is 2. The van der Waals surface area contributed by atoms with Crippen LogP contribution >= 0.6 is 11.3 Å². The van der Waals surface area contributed by atoms with Crippen LogP contribution in [0.15, 0.2) is 127 Å². The standard InChI is InChI=1S/C34H26N2O4S/c1-22-32(41-33(35-22)25-13-7-3-8-14-25)30(37)28-29(36(34(39)31(28)38)26-15-9-4-10-16-26)24-17-19-27(20-18-24)40-21-23-11-5-2-6-12-23/h2-20,29,38H,21H2,1H3. The maximum atomic E-state index is 14.1. The zero-order valence-electron chi connectivity index (χ0n) is 22.2. The number of ketones is 1. The Kier molecular flexibility index (Phi) is 7.18. The molecule has 202 valence electrons. The summed E-state index contributed by atoms with van der Waals surface area (Å²) in [4.78, 5) is 34.1. The molecular formula is C34H26N2O4S. The number of aryl methyl sites for hydroxylation is 1. The number of para-hydroxylation sites is 1. The van der Waals surface area contributed by atoms with Crippen molar-refractivity contribution in [2.75, 3.05) is 4.90 Å². The van der Waals surface area contributed by atoms with Crippen molar-refractivity contribution in [2.45, 2.75) is 19.6 Å². The second-order valence-corrected chi connectivity index (χ2v) is 10.6. The van der Waals surface area contributed by atoms with Crippen LogP contribution in [0.5, 0.6) is 5.75 Å². The van der Waals surface area contributed by atoms with Crippen LogP contribution in [-0.4, -0.2) is 21.8 Å². The van der Waals surface area contributed by atoms with Crippen molar-refractivity contribution in [1.82, 2.24) is 4.98 Å². The molecule has 6 nitrogen and oxygen atoms in total. The van der Waals surface area contributed by atoms with Gasteiger partial charge in [-0.05, 0) is 42.3 Å². The smallest absolute Gasteiger partial charge is 0.294 e. The van der Waals surface area contributed by atoms with Gasteiger partial charge in [-0.15, -0.1) is 11.3 Å². The molecule has 0 spiro atoms. The normalized spacial score (nSPS) is 14.9. The van der Waals surface area contributed by atoms with Crippen molar-refractivity contribution in [2.24, 2.45) is 0 Å². The minimum atomic E-state index is -0.831. The van der Waals surface area contributed by atoms with Crippen LogP contribution < -0.4 is 9.64 Å². The summed E-state index contributed by atoms with van der Waals surface area (Å²) in [7, 11) is 0. The van der Waals surface area contributed by atoms with E-state index in [1.165, 1.54) is 16.2 Å². The van der Waals surface area contributed by atoms with Gasteiger partial charge in [-0.25, -0.2) is 4.98 Å². The lowest BCUT2D eigenvalue weighted by atomic mass is 9.94. The van der Waals surface area contributed by atoms with Crippen LogP contribution in [0.3, 0.4) is 0 Å². The lowest BCUT2D eigenvalue weighted by molar-refractivity contribution is -0.117. The van der Waals surface area contributed by atoms with Crippen molar-refractivity contribution in [3.63, 3.8) is 0 Å². The zero-order chi connectivity index (χ0) is 28.3. The fourth-order valence-corrected chi connectivity index (χ4v) is 5.95. The molecule has 2 heterocycles. The van der Waals surface area contributed by atoms with Gasteiger partial charge in [-0.1, -0.05) is 91.0 Å². The third-order valence-electron chi connectivity index (χ3n) is 6.95. The number of anilines is 1. The van der Waals surface area contributed by atoms with Crippen molar-refractivity contribution >= 4 is 28.7 Å². The van der Waals surface area contributed by atoms with E-state index in [4.69, 9.17) is 4.74 Å². The molecule has 7 heteroatoms. The van der Waals surface area contributed by atoms with E-state index in [2.05, 4.69) is 4.98 Å². The Morgan fingerprint density at radius 1 is 0.878 bits per heavy atom. The molecule has 0 aliphatic carbocycles. The second kappa shape index (κ2) is 11.2. The number of Topliss-reactive ketones (excluding diaryl/α,β-unsaturated/α-hetero) is 1. The number of benzene rings is 4. The Morgan fingerprint density at radius 2 is 1.49 bits per heavy atom. The summed E-state index contributed by atoms with van der Waals surface area (Å²) < 4.78 is 5.95. The molecule has 1 N–H and O–H groups in total. The van der Waals surface area contributed by atoms with Crippen LogP contribution in [0, 0.1) is 6.92 Å². The lowest BCUT2D eigenvalue weighted by Gasteiger charge is -2.27. The monoisotopic (exact) mass is 558 g/mol. The molecule has 0 fully saturated rings. The first-order valence-corrected chi connectivity index (χ1v) is 14.0. The number of nitrogens with zero attached hydrogens (tertiary/aromatic N) is 2. The van der Waals surface area contributed by atoms with Gasteiger partial charge in [0.1, 0.15) is 17.4 Å². The highest BCUT2D eigenvalue weighted by Crippen LogP contribution is 2.43. The first-order valence-electron chi connectivity index (χ1n) is 13.2. The molecule has 0 saturated carbocycles. The number of aliphatic hydroxyl groups excluding tert-OH is 1. The van der Waals surface area contributed by atoms with Gasteiger partial charge < -0.3 is 9.84 Å². The average Bonchev–Trinajstić information content (AvgIpc) is 3.54. The van der Waals surface area contributed by atoms with Crippen molar-refractivity contribution in [1.29, 1.82) is 0 Å². The number of amides is 1. The Balaban J connectivity index is 1.37. The summed E-state index contributed by atoms with van der Waals surface area (Å²) >= 11 is 1.26. The Labute approximate surface area is 241 Å². The van der Waals surface area contributed by atoms with Gasteiger partial charge in [-0.2, -0.15) is 0 Å². The first kappa shape index (κ1) is 26.2. The molecule has 1 amide bonds. The molecule has 4 aromatic carbocycles. The van der Waals surface area contributed by atoms with Crippen molar-refractivity contribution < 1.29 is 19.4 Å². The predicted octanol–water partition coefficient (Wildman–Crippen LogP) is 7.48. The van der Waals surface area contributed by atoms with Gasteiger partial charge >= 0.3 is 0 Å². The summed E-state index contributed by atoms with van der Waals surface area (Å²) in [6.07, 6.45) is 0. The van der Waals surface area contributed by atoms with Crippen molar-refractivity contribution in [3.8, 4) is 16.3 Å². The number of carbonyl (C=O) groups is 2. The quantitative estimate of drug-likeness (QED) is 0.200. The molecule has 0 radical (unpaired) electrons. The lowest BCUT2D eigenvalue weighted by Crippen LogP contribution is -2.31. The summed E-state index contributed by atoms with van der Waals surface area (Å²) in [5.41, 5.74) is 3.77. The third kappa shape index (κ3) is 5.15. The maximum Gasteiger partial charge on any atom is 0.294 e. The summed E-state index contributed by atoms with van der Waals surface area (Å²) in [6, 6.07) is 35.0. The number of ether oxygens (including phenoxy) is 1. The van der Waals surface area contributed by atoms with E-state index in [9.17, 15) is 14.7 Å². The molecular weight excluding hydrogens is 532 g/mol. The van der Waals surface area contributed by atoms with Gasteiger partial charge in [0.15, 0.2) is 5.76 Å². The highest BCUT2D eigenvalue weighted by atomic mass is 32.1. The third-order valence-corrected chi connectivity index (χ3v) is 8.16. The highest BCUT2D eigenvalue weighted by Gasteiger charge is 2.45. The fraction of sp³-hybridized carbons (Fsp3) is 0.0882. The van der Waals surface area contributed by atoms with Gasteiger partial charge in [0, 0.05) is 11.3 Å². The SMILES string of the molecule is Cc1nc(-c2ccccc2)sc1C(=O)C1=C(O)C(=O)N(c2ccccc2)C1c1ccc(OCc2ccccc2)cc1. The van der Waals surface area contributed by atoms with Gasteiger partial charge in [0.2, 0.25) is 5.78 Å².